The minimum atomic E-state index is -3.70. The lowest BCUT2D eigenvalue weighted by molar-refractivity contribution is 0.601. The second kappa shape index (κ2) is 6.03. The van der Waals surface area contributed by atoms with Crippen LogP contribution < -0.4 is 10.0 Å². The van der Waals surface area contributed by atoms with Crippen LogP contribution in [0.15, 0.2) is 39.8 Å². The number of halogens is 1. The molecule has 21 heavy (non-hydrogen) atoms. The summed E-state index contributed by atoms with van der Waals surface area (Å²) < 4.78 is 28.7. The summed E-state index contributed by atoms with van der Waals surface area (Å²) in [5.74, 6) is 0.317. The molecule has 0 fully saturated rings. The predicted octanol–water partition coefficient (Wildman–Crippen LogP) is 3.30. The quantitative estimate of drug-likeness (QED) is 0.866. The topological polar surface area (TPSA) is 71.1 Å². The van der Waals surface area contributed by atoms with Crippen molar-refractivity contribution in [1.82, 2.24) is 4.98 Å². The Morgan fingerprint density at radius 3 is 2.38 bits per heavy atom. The van der Waals surface area contributed by atoms with E-state index < -0.39 is 10.0 Å². The van der Waals surface area contributed by atoms with Crippen molar-refractivity contribution in [3.05, 3.63) is 46.1 Å². The van der Waals surface area contributed by atoms with Crippen molar-refractivity contribution in [3.63, 3.8) is 0 Å². The lowest BCUT2D eigenvalue weighted by Crippen LogP contribution is -2.16. The summed E-state index contributed by atoms with van der Waals surface area (Å²) in [4.78, 5) is 4.15. The molecule has 0 unspecified atom stereocenters. The van der Waals surface area contributed by atoms with E-state index in [0.717, 1.165) is 15.6 Å². The zero-order valence-electron chi connectivity index (χ0n) is 11.9. The molecule has 0 amide bonds. The van der Waals surface area contributed by atoms with Gasteiger partial charge >= 0.3 is 0 Å². The van der Waals surface area contributed by atoms with Gasteiger partial charge in [0.15, 0.2) is 0 Å². The maximum absolute atomic E-state index is 12.6. The molecule has 0 atom stereocenters. The molecule has 2 aromatic rings. The Bertz CT molecular complexity index is 753. The van der Waals surface area contributed by atoms with E-state index >= 15 is 0 Å². The fraction of sp³-hybridized carbons (Fsp3) is 0.214. The normalized spacial score (nSPS) is 11.2. The van der Waals surface area contributed by atoms with E-state index in [9.17, 15) is 8.42 Å². The lowest BCUT2D eigenvalue weighted by atomic mass is 10.1. The number of aryl methyl sites for hydroxylation is 2. The van der Waals surface area contributed by atoms with Crippen molar-refractivity contribution in [2.45, 2.75) is 18.7 Å². The Labute approximate surface area is 133 Å². The molecular weight excluding hydrogens is 354 g/mol. The average Bonchev–Trinajstić information content (AvgIpc) is 2.43. The summed E-state index contributed by atoms with van der Waals surface area (Å²) in [6.45, 7) is 3.72. The van der Waals surface area contributed by atoms with Crippen LogP contribution in [-0.2, 0) is 10.0 Å². The molecule has 1 aromatic heterocycles. The molecule has 5 nitrogen and oxygen atoms in total. The standard InChI is InChI=1S/C14H16BrN3O2S/c1-9-7-11(15)8-10(2)13(9)18-21(19,20)12-5-4-6-17-14(12)16-3/h4-8,18H,1-3H3,(H,16,17). The van der Waals surface area contributed by atoms with E-state index in [1.165, 1.54) is 6.07 Å². The number of anilines is 2. The van der Waals surface area contributed by atoms with E-state index in [1.54, 1.807) is 19.3 Å². The van der Waals surface area contributed by atoms with Crippen LogP contribution in [0.4, 0.5) is 11.5 Å². The fourth-order valence-corrected chi connectivity index (χ4v) is 4.11. The van der Waals surface area contributed by atoms with E-state index in [-0.39, 0.29) is 4.90 Å². The Morgan fingerprint density at radius 2 is 1.81 bits per heavy atom. The summed E-state index contributed by atoms with van der Waals surface area (Å²) in [7, 11) is -2.07. The van der Waals surface area contributed by atoms with E-state index in [4.69, 9.17) is 0 Å². The molecule has 0 aliphatic rings. The molecule has 0 saturated heterocycles. The molecule has 0 aliphatic heterocycles. The predicted molar refractivity (Wildman–Crippen MR) is 88.2 cm³/mol. The van der Waals surface area contributed by atoms with Gasteiger partial charge in [0.25, 0.3) is 10.0 Å². The zero-order chi connectivity index (χ0) is 15.6. The van der Waals surface area contributed by atoms with Crippen LogP contribution in [0.25, 0.3) is 0 Å². The van der Waals surface area contributed by atoms with Gasteiger partial charge < -0.3 is 5.32 Å². The maximum atomic E-state index is 12.6. The van der Waals surface area contributed by atoms with Gasteiger partial charge in [-0.2, -0.15) is 0 Å². The molecule has 0 bridgehead atoms. The van der Waals surface area contributed by atoms with E-state index in [1.807, 2.05) is 26.0 Å². The minimum Gasteiger partial charge on any atom is -0.372 e. The molecular formula is C14H16BrN3O2S. The van der Waals surface area contributed by atoms with Crippen molar-refractivity contribution in [1.29, 1.82) is 0 Å². The number of rotatable bonds is 4. The molecule has 1 aromatic carbocycles. The maximum Gasteiger partial charge on any atom is 0.265 e. The molecule has 1 heterocycles. The van der Waals surface area contributed by atoms with Gasteiger partial charge in [-0.25, -0.2) is 13.4 Å². The fourth-order valence-electron chi connectivity index (χ4n) is 2.06. The van der Waals surface area contributed by atoms with Crippen LogP contribution in [0.3, 0.4) is 0 Å². The van der Waals surface area contributed by atoms with Gasteiger partial charge in [0, 0.05) is 17.7 Å². The van der Waals surface area contributed by atoms with Gasteiger partial charge in [0.05, 0.1) is 5.69 Å². The van der Waals surface area contributed by atoms with Crippen molar-refractivity contribution >= 4 is 37.5 Å². The molecule has 112 valence electrons. The third kappa shape index (κ3) is 3.36. The number of aromatic nitrogens is 1. The van der Waals surface area contributed by atoms with Gasteiger partial charge in [-0.1, -0.05) is 15.9 Å². The van der Waals surface area contributed by atoms with Crippen LogP contribution in [0.5, 0.6) is 0 Å². The monoisotopic (exact) mass is 369 g/mol. The first kappa shape index (κ1) is 15.8. The van der Waals surface area contributed by atoms with Crippen molar-refractivity contribution in [2.24, 2.45) is 0 Å². The molecule has 2 N–H and O–H groups in total. The van der Waals surface area contributed by atoms with Crippen LogP contribution in [0.1, 0.15) is 11.1 Å². The number of benzene rings is 1. The van der Waals surface area contributed by atoms with E-state index in [0.29, 0.717) is 11.5 Å². The van der Waals surface area contributed by atoms with Crippen molar-refractivity contribution < 1.29 is 8.42 Å². The first-order valence-corrected chi connectivity index (χ1v) is 8.55. The van der Waals surface area contributed by atoms with Crippen LogP contribution in [0, 0.1) is 13.8 Å². The average molecular weight is 370 g/mol. The van der Waals surface area contributed by atoms with Gasteiger partial charge in [-0.05, 0) is 49.2 Å². The van der Waals surface area contributed by atoms with Crippen molar-refractivity contribution in [3.8, 4) is 0 Å². The summed E-state index contributed by atoms with van der Waals surface area (Å²) in [6.07, 6.45) is 1.54. The highest BCUT2D eigenvalue weighted by atomic mass is 79.9. The second-order valence-electron chi connectivity index (χ2n) is 4.62. The Balaban J connectivity index is 2.48. The van der Waals surface area contributed by atoms with Gasteiger partial charge in [0.1, 0.15) is 10.7 Å². The summed E-state index contributed by atoms with van der Waals surface area (Å²) in [6, 6.07) is 6.85. The molecule has 2 rings (SSSR count). The van der Waals surface area contributed by atoms with Gasteiger partial charge in [0.2, 0.25) is 0 Å². The summed E-state index contributed by atoms with van der Waals surface area (Å²) >= 11 is 3.40. The van der Waals surface area contributed by atoms with Crippen LogP contribution in [0.2, 0.25) is 0 Å². The highest BCUT2D eigenvalue weighted by Crippen LogP contribution is 2.28. The highest BCUT2D eigenvalue weighted by Gasteiger charge is 2.20. The number of pyridine rings is 1. The molecule has 0 saturated carbocycles. The number of nitrogens with one attached hydrogen (secondary N) is 2. The third-order valence-corrected chi connectivity index (χ3v) is 4.87. The third-order valence-electron chi connectivity index (χ3n) is 3.03. The highest BCUT2D eigenvalue weighted by molar-refractivity contribution is 9.10. The molecule has 0 spiro atoms. The lowest BCUT2D eigenvalue weighted by Gasteiger charge is -2.15. The van der Waals surface area contributed by atoms with Crippen LogP contribution >= 0.6 is 15.9 Å². The number of sulfonamides is 1. The number of nitrogens with zero attached hydrogens (tertiary/aromatic N) is 1. The Kier molecular flexibility index (Phi) is 4.53. The van der Waals surface area contributed by atoms with Crippen molar-refractivity contribution in [2.75, 3.05) is 17.1 Å². The Hall–Kier alpha value is -1.60. The molecule has 7 heteroatoms. The zero-order valence-corrected chi connectivity index (χ0v) is 14.3. The summed E-state index contributed by atoms with van der Waals surface area (Å²) in [5, 5.41) is 2.79. The number of hydrogen-bond acceptors (Lipinski definition) is 4. The smallest absolute Gasteiger partial charge is 0.265 e. The van der Waals surface area contributed by atoms with Gasteiger partial charge in [-0.3, -0.25) is 4.72 Å². The largest absolute Gasteiger partial charge is 0.372 e. The SMILES string of the molecule is CNc1ncccc1S(=O)(=O)Nc1c(C)cc(Br)cc1C. The Morgan fingerprint density at radius 1 is 1.19 bits per heavy atom. The first-order chi connectivity index (χ1) is 9.85. The van der Waals surface area contributed by atoms with Crippen LogP contribution in [-0.4, -0.2) is 20.4 Å². The summed E-state index contributed by atoms with van der Waals surface area (Å²) in [5.41, 5.74) is 2.28. The second-order valence-corrected chi connectivity index (χ2v) is 7.19. The molecule has 0 aliphatic carbocycles. The van der Waals surface area contributed by atoms with Gasteiger partial charge in [-0.15, -0.1) is 0 Å². The van der Waals surface area contributed by atoms with E-state index in [2.05, 4.69) is 31.0 Å². The minimum absolute atomic E-state index is 0.120. The first-order valence-electron chi connectivity index (χ1n) is 6.27. The molecule has 0 radical (unpaired) electrons. The number of hydrogen-bond donors (Lipinski definition) is 2.